The Kier molecular flexibility index (Phi) is 6.46. The van der Waals surface area contributed by atoms with Crippen molar-refractivity contribution in [1.29, 1.82) is 0 Å². The molecule has 0 unspecified atom stereocenters. The van der Waals surface area contributed by atoms with Crippen LogP contribution in [0.4, 0.5) is 4.39 Å². The van der Waals surface area contributed by atoms with Crippen LogP contribution in [0.25, 0.3) is 10.1 Å². The van der Waals surface area contributed by atoms with Gasteiger partial charge in [-0.3, -0.25) is 14.4 Å². The van der Waals surface area contributed by atoms with E-state index in [0.29, 0.717) is 5.02 Å². The van der Waals surface area contributed by atoms with E-state index in [1.165, 1.54) is 30.6 Å². The molecule has 9 heteroatoms. The van der Waals surface area contributed by atoms with Gasteiger partial charge in [-0.2, -0.15) is 0 Å². The van der Waals surface area contributed by atoms with E-state index >= 15 is 0 Å². The maximum atomic E-state index is 13.6. The molecule has 6 nitrogen and oxygen atoms in total. The number of esters is 1. The summed E-state index contributed by atoms with van der Waals surface area (Å²) in [5.74, 6) is -2.60. The fraction of sp³-hybridized carbons (Fsp3) is 0.150. The van der Waals surface area contributed by atoms with Crippen LogP contribution in [0.3, 0.4) is 0 Å². The van der Waals surface area contributed by atoms with Gasteiger partial charge in [0, 0.05) is 15.6 Å². The molecule has 0 aliphatic heterocycles. The molecular weight excluding hydrogens is 421 g/mol. The van der Waals surface area contributed by atoms with Crippen molar-refractivity contribution in [2.45, 2.75) is 0 Å². The molecule has 0 atom stereocenters. The lowest BCUT2D eigenvalue weighted by atomic mass is 10.1. The number of ketones is 1. The van der Waals surface area contributed by atoms with E-state index in [-0.39, 0.29) is 16.2 Å². The molecule has 1 N–H and O–H groups in total. The van der Waals surface area contributed by atoms with Crippen molar-refractivity contribution >= 4 is 50.7 Å². The fourth-order valence-corrected chi connectivity index (χ4v) is 3.95. The lowest BCUT2D eigenvalue weighted by molar-refractivity contribution is -0.141. The van der Waals surface area contributed by atoms with Crippen molar-refractivity contribution in [3.05, 3.63) is 63.7 Å². The van der Waals surface area contributed by atoms with Gasteiger partial charge in [0.1, 0.15) is 11.4 Å². The molecule has 1 aromatic heterocycles. The molecular formula is C20H15ClFNO5S. The minimum Gasteiger partial charge on any atom is -0.494 e. The Hall–Kier alpha value is -2.97. The zero-order chi connectivity index (χ0) is 21.0. The van der Waals surface area contributed by atoms with Crippen molar-refractivity contribution in [2.24, 2.45) is 0 Å². The Morgan fingerprint density at radius 3 is 2.62 bits per heavy atom. The van der Waals surface area contributed by atoms with Crippen LogP contribution in [0.15, 0.2) is 42.5 Å². The van der Waals surface area contributed by atoms with E-state index in [1.807, 2.05) is 18.2 Å². The molecule has 150 valence electrons. The SMILES string of the molecule is COc1ccc(C(=O)COC(=O)CNC(=O)c2sc3ccccc3c2Cl)cc1F. The van der Waals surface area contributed by atoms with Gasteiger partial charge in [0.05, 0.1) is 12.1 Å². The standard InChI is InChI=1S/C20H15ClFNO5S/c1-27-15-7-6-11(8-13(15)22)14(24)10-28-17(25)9-23-20(26)19-18(21)12-4-2-3-5-16(12)29-19/h2-8H,9-10H2,1H3,(H,23,26). The highest BCUT2D eigenvalue weighted by Gasteiger charge is 2.18. The first-order valence-electron chi connectivity index (χ1n) is 8.38. The largest absolute Gasteiger partial charge is 0.494 e. The van der Waals surface area contributed by atoms with E-state index in [1.54, 1.807) is 6.07 Å². The summed E-state index contributed by atoms with van der Waals surface area (Å²) in [6.07, 6.45) is 0. The normalized spacial score (nSPS) is 10.6. The summed E-state index contributed by atoms with van der Waals surface area (Å²) in [5, 5.41) is 3.48. The average Bonchev–Trinajstić information content (AvgIpc) is 3.07. The second kappa shape index (κ2) is 9.02. The van der Waals surface area contributed by atoms with E-state index in [0.717, 1.165) is 16.2 Å². The third-order valence-electron chi connectivity index (χ3n) is 3.97. The van der Waals surface area contributed by atoms with Gasteiger partial charge in [-0.05, 0) is 24.3 Å². The Labute approximate surface area is 174 Å². The smallest absolute Gasteiger partial charge is 0.325 e. The van der Waals surface area contributed by atoms with E-state index in [2.05, 4.69) is 5.32 Å². The number of carbonyl (C=O) groups excluding carboxylic acids is 3. The minimum absolute atomic E-state index is 0.00107. The van der Waals surface area contributed by atoms with Crippen LogP contribution in [-0.4, -0.2) is 37.9 Å². The molecule has 3 rings (SSSR count). The van der Waals surface area contributed by atoms with Crippen LogP contribution < -0.4 is 10.1 Å². The maximum absolute atomic E-state index is 13.6. The Morgan fingerprint density at radius 2 is 1.93 bits per heavy atom. The van der Waals surface area contributed by atoms with Crippen LogP contribution in [0, 0.1) is 5.82 Å². The van der Waals surface area contributed by atoms with Gasteiger partial charge in [0.15, 0.2) is 24.0 Å². The molecule has 1 amide bonds. The molecule has 0 saturated carbocycles. The van der Waals surface area contributed by atoms with E-state index in [4.69, 9.17) is 21.1 Å². The Balaban J connectivity index is 1.53. The van der Waals surface area contributed by atoms with Gasteiger partial charge in [0.2, 0.25) is 0 Å². The van der Waals surface area contributed by atoms with Gasteiger partial charge >= 0.3 is 5.97 Å². The summed E-state index contributed by atoms with van der Waals surface area (Å²) in [4.78, 5) is 36.4. The van der Waals surface area contributed by atoms with Crippen LogP contribution >= 0.6 is 22.9 Å². The van der Waals surface area contributed by atoms with Gasteiger partial charge < -0.3 is 14.8 Å². The predicted octanol–water partition coefficient (Wildman–Crippen LogP) is 3.86. The molecule has 3 aromatic rings. The summed E-state index contributed by atoms with van der Waals surface area (Å²) >= 11 is 7.43. The monoisotopic (exact) mass is 435 g/mol. The zero-order valence-corrected chi connectivity index (χ0v) is 16.7. The molecule has 0 aliphatic carbocycles. The molecule has 0 spiro atoms. The van der Waals surface area contributed by atoms with Gasteiger partial charge in [-0.1, -0.05) is 29.8 Å². The fourth-order valence-electron chi connectivity index (χ4n) is 2.51. The van der Waals surface area contributed by atoms with Crippen molar-refractivity contribution in [1.82, 2.24) is 5.32 Å². The number of methoxy groups -OCH3 is 1. The van der Waals surface area contributed by atoms with Crippen molar-refractivity contribution < 1.29 is 28.2 Å². The Bertz CT molecular complexity index is 1100. The number of thiophene rings is 1. The second-order valence-corrected chi connectivity index (χ2v) is 7.29. The second-order valence-electron chi connectivity index (χ2n) is 5.86. The van der Waals surface area contributed by atoms with E-state index in [9.17, 15) is 18.8 Å². The van der Waals surface area contributed by atoms with Gasteiger partial charge in [-0.25, -0.2) is 4.39 Å². The number of amides is 1. The highest BCUT2D eigenvalue weighted by atomic mass is 35.5. The summed E-state index contributed by atoms with van der Waals surface area (Å²) in [6, 6.07) is 11.0. The van der Waals surface area contributed by atoms with Crippen molar-refractivity contribution in [3.8, 4) is 5.75 Å². The summed E-state index contributed by atoms with van der Waals surface area (Å²) in [7, 11) is 1.31. The first kappa shape index (κ1) is 20.8. The van der Waals surface area contributed by atoms with Crippen molar-refractivity contribution in [2.75, 3.05) is 20.3 Å². The molecule has 0 radical (unpaired) electrons. The maximum Gasteiger partial charge on any atom is 0.325 e. The van der Waals surface area contributed by atoms with E-state index < -0.39 is 36.6 Å². The number of hydrogen-bond acceptors (Lipinski definition) is 6. The number of rotatable bonds is 7. The molecule has 0 saturated heterocycles. The number of halogens is 2. The van der Waals surface area contributed by atoms with Crippen LogP contribution in [0.1, 0.15) is 20.0 Å². The molecule has 29 heavy (non-hydrogen) atoms. The lowest BCUT2D eigenvalue weighted by Gasteiger charge is -2.07. The summed E-state index contributed by atoms with van der Waals surface area (Å²) in [5.41, 5.74) is 0.0391. The van der Waals surface area contributed by atoms with Gasteiger partial charge in [-0.15, -0.1) is 11.3 Å². The number of carbonyl (C=O) groups is 3. The quantitative estimate of drug-likeness (QED) is 0.450. The van der Waals surface area contributed by atoms with Crippen LogP contribution in [0.2, 0.25) is 5.02 Å². The first-order chi connectivity index (χ1) is 13.9. The van der Waals surface area contributed by atoms with Gasteiger partial charge in [0.25, 0.3) is 5.91 Å². The number of Topliss-reactive ketones (excluding diaryl/α,β-unsaturated/α-hetero) is 1. The highest BCUT2D eigenvalue weighted by molar-refractivity contribution is 7.21. The first-order valence-corrected chi connectivity index (χ1v) is 9.57. The van der Waals surface area contributed by atoms with Crippen LogP contribution in [-0.2, 0) is 9.53 Å². The molecule has 0 fully saturated rings. The third-order valence-corrected chi connectivity index (χ3v) is 5.65. The molecule has 0 aliphatic rings. The topological polar surface area (TPSA) is 81.7 Å². The molecule has 2 aromatic carbocycles. The third kappa shape index (κ3) is 4.72. The minimum atomic E-state index is -0.807. The predicted molar refractivity (Wildman–Crippen MR) is 107 cm³/mol. The zero-order valence-electron chi connectivity index (χ0n) is 15.2. The molecule has 1 heterocycles. The number of fused-ring (bicyclic) bond motifs is 1. The lowest BCUT2D eigenvalue weighted by Crippen LogP contribution is -2.31. The number of benzene rings is 2. The number of hydrogen-bond donors (Lipinski definition) is 1. The molecule has 0 bridgehead atoms. The Morgan fingerprint density at radius 1 is 1.17 bits per heavy atom. The average molecular weight is 436 g/mol. The summed E-state index contributed by atoms with van der Waals surface area (Å²) < 4.78 is 24.1. The summed E-state index contributed by atoms with van der Waals surface area (Å²) in [6.45, 7) is -1.02. The van der Waals surface area contributed by atoms with Crippen molar-refractivity contribution in [3.63, 3.8) is 0 Å². The highest BCUT2D eigenvalue weighted by Crippen LogP contribution is 2.34. The number of nitrogens with one attached hydrogen (secondary N) is 1. The number of ether oxygens (including phenoxy) is 2. The van der Waals surface area contributed by atoms with Crippen LogP contribution in [0.5, 0.6) is 5.75 Å².